The zero-order valence-corrected chi connectivity index (χ0v) is 30.0. The maximum absolute atomic E-state index is 14.1. The van der Waals surface area contributed by atoms with Crippen LogP contribution in [0.2, 0.25) is 0 Å². The Morgan fingerprint density at radius 2 is 1.65 bits per heavy atom. The number of aliphatic hydroxyl groups excluding tert-OH is 2. The van der Waals surface area contributed by atoms with Crippen molar-refractivity contribution in [2.45, 2.75) is 69.4 Å². The molecule has 1 aliphatic carbocycles. The summed E-state index contributed by atoms with van der Waals surface area (Å²) in [5, 5.41) is 28.7. The maximum Gasteiger partial charge on any atom is 0.408 e. The molecule has 1 heterocycles. The van der Waals surface area contributed by atoms with Crippen LogP contribution < -0.4 is 15.4 Å². The zero-order valence-electron chi connectivity index (χ0n) is 30.0. The van der Waals surface area contributed by atoms with Gasteiger partial charge in [-0.25, -0.2) is 4.79 Å². The van der Waals surface area contributed by atoms with E-state index in [-0.39, 0.29) is 18.9 Å². The largest absolute Gasteiger partial charge is 0.492 e. The Balaban J connectivity index is 1.31. The minimum atomic E-state index is -1.11. The quantitative estimate of drug-likeness (QED) is 0.165. The van der Waals surface area contributed by atoms with E-state index < -0.39 is 41.9 Å². The molecule has 2 aliphatic rings. The molecule has 1 fully saturated rings. The number of morpholine rings is 1. The molecule has 0 unspecified atom stereocenters. The van der Waals surface area contributed by atoms with E-state index in [4.69, 9.17) is 18.9 Å². The lowest BCUT2D eigenvalue weighted by molar-refractivity contribution is -0.127. The van der Waals surface area contributed by atoms with Gasteiger partial charge in [0.15, 0.2) is 0 Å². The number of hydrogen-bond donors (Lipinski definition) is 4. The van der Waals surface area contributed by atoms with Crippen molar-refractivity contribution in [2.75, 3.05) is 53.2 Å². The average Bonchev–Trinajstić information content (AvgIpc) is 3.43. The molecule has 51 heavy (non-hydrogen) atoms. The van der Waals surface area contributed by atoms with Crippen LogP contribution in [0.5, 0.6) is 5.75 Å². The van der Waals surface area contributed by atoms with Crippen LogP contribution >= 0.6 is 0 Å². The summed E-state index contributed by atoms with van der Waals surface area (Å²) < 4.78 is 22.3. The number of nitrogens with one attached hydrogen (secondary N) is 2. The molecule has 0 radical (unpaired) electrons. The zero-order chi connectivity index (χ0) is 36.2. The van der Waals surface area contributed by atoms with Crippen LogP contribution in [0.3, 0.4) is 0 Å². The second kappa shape index (κ2) is 18.5. The first kappa shape index (κ1) is 38.2. The highest BCUT2D eigenvalue weighted by molar-refractivity contribution is 5.80. The van der Waals surface area contributed by atoms with Gasteiger partial charge in [-0.1, -0.05) is 66.7 Å². The van der Waals surface area contributed by atoms with Gasteiger partial charge in [-0.15, -0.1) is 0 Å². The van der Waals surface area contributed by atoms with Crippen molar-refractivity contribution >= 4 is 12.0 Å². The Labute approximate surface area is 301 Å². The molecular formula is C40H53N3O8. The second-order valence-corrected chi connectivity index (χ2v) is 14.1. The van der Waals surface area contributed by atoms with E-state index in [1.807, 2.05) is 78.9 Å². The average molecular weight is 704 g/mol. The normalized spacial score (nSPS) is 19.4. The molecule has 0 bridgehead atoms. The third kappa shape index (κ3) is 11.5. The van der Waals surface area contributed by atoms with Gasteiger partial charge in [-0.2, -0.15) is 0 Å². The molecule has 1 saturated heterocycles. The molecule has 5 atom stereocenters. The van der Waals surface area contributed by atoms with Gasteiger partial charge >= 0.3 is 6.09 Å². The third-order valence-electron chi connectivity index (χ3n) is 9.51. The summed E-state index contributed by atoms with van der Waals surface area (Å²) in [6.07, 6.45) is -1.41. The van der Waals surface area contributed by atoms with E-state index >= 15 is 0 Å². The molecule has 2 amide bonds. The molecule has 3 aromatic carbocycles. The Kier molecular flexibility index (Phi) is 13.9. The topological polar surface area (TPSA) is 139 Å². The smallest absolute Gasteiger partial charge is 0.408 e. The summed E-state index contributed by atoms with van der Waals surface area (Å²) in [5.74, 6) is -0.238. The molecule has 276 valence electrons. The second-order valence-electron chi connectivity index (χ2n) is 14.1. The Morgan fingerprint density at radius 3 is 2.37 bits per heavy atom. The Bertz CT molecular complexity index is 1530. The molecule has 5 rings (SSSR count). The summed E-state index contributed by atoms with van der Waals surface area (Å²) in [4.78, 5) is 29.5. The molecule has 11 heteroatoms. The van der Waals surface area contributed by atoms with Crippen molar-refractivity contribution in [2.24, 2.45) is 5.92 Å². The minimum absolute atomic E-state index is 0.0489. The van der Waals surface area contributed by atoms with Gasteiger partial charge in [-0.05, 0) is 67.5 Å². The fourth-order valence-corrected chi connectivity index (χ4v) is 6.84. The van der Waals surface area contributed by atoms with Crippen molar-refractivity contribution in [1.82, 2.24) is 15.5 Å². The first-order valence-electron chi connectivity index (χ1n) is 17.9. The number of rotatable bonds is 17. The fourth-order valence-electron chi connectivity index (χ4n) is 6.84. The maximum atomic E-state index is 14.1. The highest BCUT2D eigenvalue weighted by Crippen LogP contribution is 2.32. The molecule has 0 spiro atoms. The van der Waals surface area contributed by atoms with Crippen LogP contribution in [-0.2, 0) is 38.3 Å². The van der Waals surface area contributed by atoms with E-state index in [1.54, 1.807) is 13.8 Å². The highest BCUT2D eigenvalue weighted by atomic mass is 16.6. The van der Waals surface area contributed by atoms with Crippen LogP contribution in [-0.4, -0.2) is 104 Å². The lowest BCUT2D eigenvalue weighted by Gasteiger charge is -2.30. The molecule has 0 aromatic heterocycles. The molecule has 11 nitrogen and oxygen atoms in total. The number of aliphatic hydroxyl groups is 2. The summed E-state index contributed by atoms with van der Waals surface area (Å²) in [7, 11) is 1.53. The number of nitrogens with zero attached hydrogens (tertiary/aromatic N) is 1. The number of alkyl carbamates (subject to hydrolysis) is 1. The Hall–Kier alpha value is -4.00. The fraction of sp³-hybridized carbons (Fsp3) is 0.500. The lowest BCUT2D eigenvalue weighted by Crippen LogP contribution is -2.49. The van der Waals surface area contributed by atoms with Crippen LogP contribution in [0.15, 0.2) is 78.9 Å². The lowest BCUT2D eigenvalue weighted by atomic mass is 9.88. The number of ether oxygens (including phenoxy) is 4. The van der Waals surface area contributed by atoms with Crippen molar-refractivity contribution in [3.63, 3.8) is 0 Å². The van der Waals surface area contributed by atoms with Crippen LogP contribution in [0.25, 0.3) is 0 Å². The van der Waals surface area contributed by atoms with Gasteiger partial charge in [0, 0.05) is 39.1 Å². The van der Waals surface area contributed by atoms with Crippen molar-refractivity contribution in [3.05, 3.63) is 101 Å². The molecular weight excluding hydrogens is 650 g/mol. The summed E-state index contributed by atoms with van der Waals surface area (Å²) in [5.41, 5.74) is 2.80. The van der Waals surface area contributed by atoms with E-state index in [0.29, 0.717) is 25.9 Å². The van der Waals surface area contributed by atoms with Gasteiger partial charge in [0.1, 0.15) is 18.0 Å². The standard InChI is InChI=1S/C40H53N3O8/c1-40(2,27-48-3)51-39(47)41-34(24-28-9-5-4-6-10-28)35(44)26-31(38(46)42-37-33-12-8-7-11-30(33)25-36(37)45)23-29-13-15-32(16-14-29)50-22-19-43-17-20-49-21-18-43/h4-16,31,34-37,44-45H,17-27H2,1-3H3,(H,41,47)(H,42,46)/t31-,34+,35+,36-,37+/m1/s1. The van der Waals surface area contributed by atoms with Crippen LogP contribution in [0.4, 0.5) is 4.79 Å². The van der Waals surface area contributed by atoms with Crippen molar-refractivity contribution in [1.29, 1.82) is 0 Å². The monoisotopic (exact) mass is 703 g/mol. The number of methoxy groups -OCH3 is 1. The van der Waals surface area contributed by atoms with Gasteiger partial charge in [0.2, 0.25) is 5.91 Å². The summed E-state index contributed by atoms with van der Waals surface area (Å²) in [6.45, 7) is 8.34. The van der Waals surface area contributed by atoms with Crippen LogP contribution in [0, 0.1) is 5.92 Å². The minimum Gasteiger partial charge on any atom is -0.492 e. The van der Waals surface area contributed by atoms with Crippen molar-refractivity contribution in [3.8, 4) is 5.75 Å². The van der Waals surface area contributed by atoms with Gasteiger partial charge in [0.25, 0.3) is 0 Å². The SMILES string of the molecule is COCC(C)(C)OC(=O)N[C@@H](Cc1ccccc1)[C@@H](O)C[C@@H](Cc1ccc(OCCN2CCOCC2)cc1)C(=O)N[C@H]1c2ccccc2C[C@H]1O. The first-order valence-corrected chi connectivity index (χ1v) is 17.9. The predicted octanol–water partition coefficient (Wildman–Crippen LogP) is 3.84. The number of fused-ring (bicyclic) bond motifs is 1. The summed E-state index contributed by atoms with van der Waals surface area (Å²) in [6, 6.07) is 23.6. The van der Waals surface area contributed by atoms with E-state index in [2.05, 4.69) is 15.5 Å². The number of amides is 2. The molecule has 1 aliphatic heterocycles. The Morgan fingerprint density at radius 1 is 0.961 bits per heavy atom. The number of benzene rings is 3. The predicted molar refractivity (Wildman–Crippen MR) is 194 cm³/mol. The van der Waals surface area contributed by atoms with Gasteiger partial charge in [-0.3, -0.25) is 9.69 Å². The summed E-state index contributed by atoms with van der Waals surface area (Å²) >= 11 is 0. The van der Waals surface area contributed by atoms with Gasteiger partial charge in [0.05, 0.1) is 44.1 Å². The highest BCUT2D eigenvalue weighted by Gasteiger charge is 2.36. The number of carbonyl (C=O) groups is 2. The van der Waals surface area contributed by atoms with Crippen LogP contribution in [0.1, 0.15) is 48.6 Å². The van der Waals surface area contributed by atoms with E-state index in [1.165, 1.54) is 7.11 Å². The van der Waals surface area contributed by atoms with E-state index in [0.717, 1.165) is 60.9 Å². The molecule has 3 aromatic rings. The molecule has 4 N–H and O–H groups in total. The number of carbonyl (C=O) groups excluding carboxylic acids is 2. The number of hydrogen-bond acceptors (Lipinski definition) is 9. The van der Waals surface area contributed by atoms with Gasteiger partial charge < -0.3 is 39.8 Å². The van der Waals surface area contributed by atoms with E-state index in [9.17, 15) is 19.8 Å². The van der Waals surface area contributed by atoms with Crippen molar-refractivity contribution < 1.29 is 38.7 Å². The molecule has 0 saturated carbocycles. The first-order chi connectivity index (χ1) is 24.6. The third-order valence-corrected chi connectivity index (χ3v) is 9.51.